The molecule has 0 aromatic carbocycles. The molecule has 2 rings (SSSR count). The Balaban J connectivity index is 1.86. The summed E-state index contributed by atoms with van der Waals surface area (Å²) in [6.45, 7) is 2.80. The third-order valence-corrected chi connectivity index (χ3v) is 4.30. The highest BCUT2D eigenvalue weighted by Gasteiger charge is 2.31. The van der Waals surface area contributed by atoms with Crippen molar-refractivity contribution in [1.29, 1.82) is 0 Å². The highest BCUT2D eigenvalue weighted by molar-refractivity contribution is 8.26. The van der Waals surface area contributed by atoms with Crippen LogP contribution >= 0.6 is 24.0 Å². The molecule has 5 nitrogen and oxygen atoms in total. The van der Waals surface area contributed by atoms with Gasteiger partial charge in [-0.05, 0) is 25.0 Å². The average Bonchev–Trinajstić information content (AvgIpc) is 3.09. The van der Waals surface area contributed by atoms with Gasteiger partial charge in [-0.2, -0.15) is 0 Å². The number of thiocarbonyl (C=S) groups is 1. The number of furan rings is 1. The topological polar surface area (TPSA) is 59.8 Å². The standard InChI is InChI=1S/C15H17NO4S2/c1-2-8-20-13(17)6-3-7-16-14(18)12(22-15(16)21)10-11-5-4-9-19-11/h4-5,9-10H,2-3,6-8H2,1H3/b12-10+. The average molecular weight is 339 g/mol. The Bertz CT molecular complexity index is 580. The zero-order valence-corrected chi connectivity index (χ0v) is 13.9. The van der Waals surface area contributed by atoms with Crippen LogP contribution < -0.4 is 0 Å². The predicted octanol–water partition coefficient (Wildman–Crippen LogP) is 3.21. The number of carbonyl (C=O) groups is 2. The maximum Gasteiger partial charge on any atom is 0.305 e. The van der Waals surface area contributed by atoms with E-state index in [0.29, 0.717) is 34.6 Å². The van der Waals surface area contributed by atoms with Gasteiger partial charge in [0.1, 0.15) is 10.1 Å². The third-order valence-electron chi connectivity index (χ3n) is 2.92. The molecule has 0 radical (unpaired) electrons. The fraction of sp³-hybridized carbons (Fsp3) is 0.400. The molecule has 1 saturated heterocycles. The summed E-state index contributed by atoms with van der Waals surface area (Å²) in [6.07, 6.45) is 4.85. The summed E-state index contributed by atoms with van der Waals surface area (Å²) in [5, 5.41) is 0. The molecule has 0 unspecified atom stereocenters. The van der Waals surface area contributed by atoms with E-state index in [0.717, 1.165) is 6.42 Å². The van der Waals surface area contributed by atoms with E-state index in [1.165, 1.54) is 16.7 Å². The molecule has 1 aromatic heterocycles. The SMILES string of the molecule is CCCOC(=O)CCCN1C(=O)/C(=C\c2ccco2)SC1=S. The summed E-state index contributed by atoms with van der Waals surface area (Å²) < 4.78 is 10.7. The maximum absolute atomic E-state index is 12.3. The van der Waals surface area contributed by atoms with Crippen molar-refractivity contribution in [2.24, 2.45) is 0 Å². The first-order valence-electron chi connectivity index (χ1n) is 7.06. The quantitative estimate of drug-likeness (QED) is 0.432. The van der Waals surface area contributed by atoms with E-state index in [2.05, 4.69) is 0 Å². The van der Waals surface area contributed by atoms with Crippen molar-refractivity contribution in [3.05, 3.63) is 29.1 Å². The van der Waals surface area contributed by atoms with E-state index in [1.807, 2.05) is 6.92 Å². The number of rotatable bonds is 7. The molecular formula is C15H17NO4S2. The number of thioether (sulfide) groups is 1. The normalized spacial score (nSPS) is 16.6. The van der Waals surface area contributed by atoms with E-state index in [4.69, 9.17) is 21.4 Å². The van der Waals surface area contributed by atoms with Gasteiger partial charge in [-0.15, -0.1) is 0 Å². The van der Waals surface area contributed by atoms with Crippen molar-refractivity contribution in [1.82, 2.24) is 4.90 Å². The van der Waals surface area contributed by atoms with Crippen molar-refractivity contribution in [3.8, 4) is 0 Å². The van der Waals surface area contributed by atoms with Crippen LogP contribution in [0.25, 0.3) is 6.08 Å². The largest absolute Gasteiger partial charge is 0.466 e. The highest BCUT2D eigenvalue weighted by atomic mass is 32.2. The van der Waals surface area contributed by atoms with Crippen molar-refractivity contribution < 1.29 is 18.7 Å². The third kappa shape index (κ3) is 4.45. The fourth-order valence-corrected chi connectivity index (χ4v) is 3.15. The molecule has 7 heteroatoms. The number of ether oxygens (including phenoxy) is 1. The second kappa shape index (κ2) is 8.14. The lowest BCUT2D eigenvalue weighted by molar-refractivity contribution is -0.144. The molecule has 0 spiro atoms. The molecule has 0 bridgehead atoms. The summed E-state index contributed by atoms with van der Waals surface area (Å²) >= 11 is 6.47. The minimum Gasteiger partial charge on any atom is -0.466 e. The van der Waals surface area contributed by atoms with Gasteiger partial charge in [-0.25, -0.2) is 0 Å². The second-order valence-corrected chi connectivity index (χ2v) is 6.35. The molecule has 1 aliphatic heterocycles. The van der Waals surface area contributed by atoms with Crippen LogP contribution in [-0.2, 0) is 14.3 Å². The van der Waals surface area contributed by atoms with E-state index in [1.54, 1.807) is 24.5 Å². The minimum absolute atomic E-state index is 0.145. The van der Waals surface area contributed by atoms with Gasteiger partial charge in [0.15, 0.2) is 0 Å². The first-order chi connectivity index (χ1) is 10.6. The molecule has 0 N–H and O–H groups in total. The fourth-order valence-electron chi connectivity index (χ4n) is 1.86. The van der Waals surface area contributed by atoms with Gasteiger partial charge < -0.3 is 9.15 Å². The molecule has 1 fully saturated rings. The summed E-state index contributed by atoms with van der Waals surface area (Å²) in [7, 11) is 0. The molecule has 0 atom stereocenters. The monoisotopic (exact) mass is 339 g/mol. The van der Waals surface area contributed by atoms with Crippen molar-refractivity contribution >= 4 is 46.3 Å². The summed E-state index contributed by atoms with van der Waals surface area (Å²) in [4.78, 5) is 25.8. The van der Waals surface area contributed by atoms with Gasteiger partial charge in [-0.3, -0.25) is 14.5 Å². The number of carbonyl (C=O) groups excluding carboxylic acids is 2. The minimum atomic E-state index is -0.238. The first-order valence-corrected chi connectivity index (χ1v) is 8.28. The van der Waals surface area contributed by atoms with Crippen LogP contribution in [-0.4, -0.2) is 34.2 Å². The molecule has 1 amide bonds. The lowest BCUT2D eigenvalue weighted by Gasteiger charge is -2.13. The Kier molecular flexibility index (Phi) is 6.21. The van der Waals surface area contributed by atoms with Crippen LogP contribution in [0.5, 0.6) is 0 Å². The van der Waals surface area contributed by atoms with Crippen LogP contribution in [0.4, 0.5) is 0 Å². The summed E-state index contributed by atoms with van der Waals surface area (Å²) in [5.74, 6) is 0.232. The van der Waals surface area contributed by atoms with Crippen LogP contribution in [0.1, 0.15) is 31.9 Å². The van der Waals surface area contributed by atoms with Gasteiger partial charge in [0.25, 0.3) is 5.91 Å². The Labute approximate surface area is 138 Å². The number of amides is 1. The van der Waals surface area contributed by atoms with Crippen LogP contribution in [0, 0.1) is 0 Å². The zero-order chi connectivity index (χ0) is 15.9. The van der Waals surface area contributed by atoms with Crippen molar-refractivity contribution in [2.75, 3.05) is 13.2 Å². The predicted molar refractivity (Wildman–Crippen MR) is 89.1 cm³/mol. The zero-order valence-electron chi connectivity index (χ0n) is 12.2. The number of hydrogen-bond donors (Lipinski definition) is 0. The molecule has 2 heterocycles. The van der Waals surface area contributed by atoms with E-state index < -0.39 is 0 Å². The molecule has 0 saturated carbocycles. The molecule has 22 heavy (non-hydrogen) atoms. The lowest BCUT2D eigenvalue weighted by Crippen LogP contribution is -2.29. The Morgan fingerprint density at radius 2 is 2.36 bits per heavy atom. The van der Waals surface area contributed by atoms with Gasteiger partial charge >= 0.3 is 5.97 Å². The van der Waals surface area contributed by atoms with Crippen molar-refractivity contribution in [3.63, 3.8) is 0 Å². The molecule has 1 aromatic rings. The smallest absolute Gasteiger partial charge is 0.305 e. The summed E-state index contributed by atoms with van der Waals surface area (Å²) in [5.41, 5.74) is 0. The van der Waals surface area contributed by atoms with E-state index in [9.17, 15) is 9.59 Å². The molecule has 1 aliphatic rings. The van der Waals surface area contributed by atoms with Crippen molar-refractivity contribution in [2.45, 2.75) is 26.2 Å². The van der Waals surface area contributed by atoms with E-state index in [-0.39, 0.29) is 18.3 Å². The van der Waals surface area contributed by atoms with Gasteiger partial charge in [0.2, 0.25) is 0 Å². The number of hydrogen-bond acceptors (Lipinski definition) is 6. The van der Waals surface area contributed by atoms with Gasteiger partial charge in [0.05, 0.1) is 17.8 Å². The van der Waals surface area contributed by atoms with E-state index >= 15 is 0 Å². The first kappa shape index (κ1) is 16.8. The molecule has 118 valence electrons. The second-order valence-electron chi connectivity index (χ2n) is 4.67. The molecular weight excluding hydrogens is 322 g/mol. The van der Waals surface area contributed by atoms with Gasteiger partial charge in [-0.1, -0.05) is 30.9 Å². The van der Waals surface area contributed by atoms with Gasteiger partial charge in [0, 0.05) is 19.0 Å². The maximum atomic E-state index is 12.3. The highest BCUT2D eigenvalue weighted by Crippen LogP contribution is 2.32. The summed E-state index contributed by atoms with van der Waals surface area (Å²) in [6, 6.07) is 3.53. The Morgan fingerprint density at radius 3 is 3.05 bits per heavy atom. The van der Waals surface area contributed by atoms with Crippen LogP contribution in [0.2, 0.25) is 0 Å². The van der Waals surface area contributed by atoms with Crippen LogP contribution in [0.3, 0.4) is 0 Å². The number of nitrogens with zero attached hydrogens (tertiary/aromatic N) is 1. The molecule has 0 aliphatic carbocycles. The van der Waals surface area contributed by atoms with Crippen LogP contribution in [0.15, 0.2) is 27.7 Å². The Morgan fingerprint density at radius 1 is 1.55 bits per heavy atom. The number of esters is 1. The Hall–Kier alpha value is -1.60. The lowest BCUT2D eigenvalue weighted by atomic mass is 10.3.